The van der Waals surface area contributed by atoms with Crippen molar-refractivity contribution in [3.8, 4) is 11.1 Å². The van der Waals surface area contributed by atoms with Crippen LogP contribution in [0.5, 0.6) is 0 Å². The fourth-order valence-corrected chi connectivity index (χ4v) is 7.42. The van der Waals surface area contributed by atoms with Crippen LogP contribution in [0, 0.1) is 0 Å². The van der Waals surface area contributed by atoms with E-state index in [2.05, 4.69) is 150 Å². The van der Waals surface area contributed by atoms with Gasteiger partial charge in [0.2, 0.25) is 0 Å². The van der Waals surface area contributed by atoms with Crippen molar-refractivity contribution < 1.29 is 8.83 Å². The van der Waals surface area contributed by atoms with Gasteiger partial charge in [-0.3, -0.25) is 0 Å². The van der Waals surface area contributed by atoms with E-state index in [1.165, 1.54) is 27.1 Å². The predicted octanol–water partition coefficient (Wildman–Crippen LogP) is 12.9. The number of fused-ring (bicyclic) bond motifs is 10. The monoisotopic (exact) mass is 601 g/mol. The molecule has 10 rings (SSSR count). The Hall–Kier alpha value is -6.32. The second-order valence-corrected chi connectivity index (χ2v) is 12.0. The van der Waals surface area contributed by atoms with E-state index in [-0.39, 0.29) is 0 Å². The number of benzene rings is 8. The molecule has 10 aromatic rings. The van der Waals surface area contributed by atoms with Gasteiger partial charge in [-0.2, -0.15) is 0 Å². The third kappa shape index (κ3) is 3.87. The number of hydrogen-bond acceptors (Lipinski definition) is 3. The van der Waals surface area contributed by atoms with Crippen LogP contribution < -0.4 is 4.90 Å². The van der Waals surface area contributed by atoms with Gasteiger partial charge < -0.3 is 13.7 Å². The molecule has 2 aromatic heterocycles. The Bertz CT molecular complexity index is 2750. The molecule has 8 aromatic carbocycles. The van der Waals surface area contributed by atoms with Gasteiger partial charge in [-0.15, -0.1) is 0 Å². The van der Waals surface area contributed by atoms with Gasteiger partial charge in [0.05, 0.1) is 5.69 Å². The highest BCUT2D eigenvalue weighted by molar-refractivity contribution is 6.31. The Kier molecular flexibility index (Phi) is 5.57. The average Bonchev–Trinajstić information content (AvgIpc) is 3.71. The zero-order chi connectivity index (χ0) is 30.9. The molecule has 0 saturated carbocycles. The Morgan fingerprint density at radius 1 is 0.362 bits per heavy atom. The van der Waals surface area contributed by atoms with Crippen LogP contribution in [0.3, 0.4) is 0 Å². The van der Waals surface area contributed by atoms with Crippen molar-refractivity contribution in [2.75, 3.05) is 4.90 Å². The van der Waals surface area contributed by atoms with Crippen molar-refractivity contribution in [1.82, 2.24) is 0 Å². The summed E-state index contributed by atoms with van der Waals surface area (Å²) in [4.78, 5) is 2.29. The molecule has 220 valence electrons. The minimum atomic E-state index is 0.832. The van der Waals surface area contributed by atoms with Gasteiger partial charge in [-0.05, 0) is 87.3 Å². The molecule has 0 saturated heterocycles. The Balaban J connectivity index is 1.40. The molecule has 2 heterocycles. The van der Waals surface area contributed by atoms with Gasteiger partial charge in [-0.1, -0.05) is 109 Å². The first-order chi connectivity index (χ1) is 23.3. The minimum Gasteiger partial charge on any atom is -0.456 e. The van der Waals surface area contributed by atoms with E-state index in [0.717, 1.165) is 66.5 Å². The topological polar surface area (TPSA) is 29.5 Å². The molecular formula is C44H27NO2. The molecule has 0 amide bonds. The zero-order valence-electron chi connectivity index (χ0n) is 25.4. The maximum Gasteiger partial charge on any atom is 0.160 e. The smallest absolute Gasteiger partial charge is 0.160 e. The fourth-order valence-electron chi connectivity index (χ4n) is 7.42. The minimum absolute atomic E-state index is 0.832. The second kappa shape index (κ2) is 10.1. The number of rotatable bonds is 4. The van der Waals surface area contributed by atoms with Crippen molar-refractivity contribution in [3.05, 3.63) is 164 Å². The summed E-state index contributed by atoms with van der Waals surface area (Å²) in [7, 11) is 0. The summed E-state index contributed by atoms with van der Waals surface area (Å²) in [6.45, 7) is 0. The van der Waals surface area contributed by atoms with Gasteiger partial charge in [-0.25, -0.2) is 0 Å². The van der Waals surface area contributed by atoms with Crippen LogP contribution in [0.4, 0.5) is 17.1 Å². The molecule has 3 heteroatoms. The number of para-hydroxylation sites is 3. The van der Waals surface area contributed by atoms with Crippen LogP contribution in [0.25, 0.3) is 76.5 Å². The van der Waals surface area contributed by atoms with Crippen molar-refractivity contribution in [3.63, 3.8) is 0 Å². The van der Waals surface area contributed by atoms with Gasteiger partial charge in [0.1, 0.15) is 16.7 Å². The normalized spacial score (nSPS) is 11.8. The lowest BCUT2D eigenvalue weighted by Gasteiger charge is -2.26. The number of furan rings is 2. The molecule has 0 N–H and O–H groups in total. The lowest BCUT2D eigenvalue weighted by atomic mass is 9.90. The quantitative estimate of drug-likeness (QED) is 0.188. The molecule has 0 radical (unpaired) electrons. The van der Waals surface area contributed by atoms with Crippen LogP contribution in [0.1, 0.15) is 0 Å². The highest BCUT2D eigenvalue weighted by Crippen LogP contribution is 2.50. The molecule has 3 nitrogen and oxygen atoms in total. The summed E-state index contributed by atoms with van der Waals surface area (Å²) < 4.78 is 13.4. The molecule has 0 aliphatic carbocycles. The molecule has 0 atom stereocenters. The highest BCUT2D eigenvalue weighted by atomic mass is 16.3. The summed E-state index contributed by atoms with van der Waals surface area (Å²) in [6.07, 6.45) is 0. The maximum absolute atomic E-state index is 7.01. The first-order valence-corrected chi connectivity index (χ1v) is 15.9. The average molecular weight is 602 g/mol. The second-order valence-electron chi connectivity index (χ2n) is 12.0. The molecule has 0 aliphatic heterocycles. The molecule has 0 bridgehead atoms. The molecule has 47 heavy (non-hydrogen) atoms. The lowest BCUT2D eigenvalue weighted by Crippen LogP contribution is -2.10. The largest absolute Gasteiger partial charge is 0.456 e. The first kappa shape index (κ1) is 26.0. The molecule has 0 fully saturated rings. The Labute approximate surface area is 270 Å². The lowest BCUT2D eigenvalue weighted by molar-refractivity contribution is 0.663. The summed E-state index contributed by atoms with van der Waals surface area (Å²) in [6, 6.07) is 57.6. The van der Waals surface area contributed by atoms with Crippen molar-refractivity contribution in [2.45, 2.75) is 0 Å². The van der Waals surface area contributed by atoms with Crippen LogP contribution in [0.15, 0.2) is 173 Å². The van der Waals surface area contributed by atoms with E-state index in [4.69, 9.17) is 8.83 Å². The molecule has 0 spiro atoms. The van der Waals surface area contributed by atoms with Gasteiger partial charge >= 0.3 is 0 Å². The third-order valence-electron chi connectivity index (χ3n) is 9.43. The fraction of sp³-hybridized carbons (Fsp3) is 0. The summed E-state index contributed by atoms with van der Waals surface area (Å²) >= 11 is 0. The molecule has 0 aliphatic rings. The standard InChI is InChI=1S/C44H27NO2/c1-3-14-29(15-4-1)45(30-16-5-2-6-17-30)37-24-23-34(36-27-28-13-7-8-18-31(28)32-19-9-10-20-33(32)36)42-43-40(47-44(37)42)26-25-39-41(43)35-21-11-12-22-38(35)46-39/h1-27H. The number of anilines is 3. The molecular weight excluding hydrogens is 574 g/mol. The number of nitrogens with zero attached hydrogens (tertiary/aromatic N) is 1. The van der Waals surface area contributed by atoms with Crippen LogP contribution in [-0.2, 0) is 0 Å². The number of hydrogen-bond donors (Lipinski definition) is 0. The van der Waals surface area contributed by atoms with Gasteiger partial charge in [0.25, 0.3) is 0 Å². The van der Waals surface area contributed by atoms with E-state index in [9.17, 15) is 0 Å². The first-order valence-electron chi connectivity index (χ1n) is 15.9. The maximum atomic E-state index is 7.01. The Morgan fingerprint density at radius 3 is 1.70 bits per heavy atom. The van der Waals surface area contributed by atoms with E-state index in [1.807, 2.05) is 18.2 Å². The van der Waals surface area contributed by atoms with Gasteiger partial charge in [0, 0.05) is 32.9 Å². The van der Waals surface area contributed by atoms with Crippen LogP contribution in [0.2, 0.25) is 0 Å². The molecule has 0 unspecified atom stereocenters. The highest BCUT2D eigenvalue weighted by Gasteiger charge is 2.25. The zero-order valence-corrected chi connectivity index (χ0v) is 25.4. The summed E-state index contributed by atoms with van der Waals surface area (Å²) in [5, 5.41) is 9.20. The van der Waals surface area contributed by atoms with Crippen molar-refractivity contribution in [1.29, 1.82) is 0 Å². The van der Waals surface area contributed by atoms with E-state index in [0.29, 0.717) is 0 Å². The van der Waals surface area contributed by atoms with Crippen LogP contribution >= 0.6 is 0 Å². The predicted molar refractivity (Wildman–Crippen MR) is 196 cm³/mol. The SMILES string of the molecule is c1ccc(N(c2ccccc2)c2ccc(-c3cc4ccccc4c4ccccc34)c3c2oc2ccc4oc5ccccc5c4c23)cc1. The van der Waals surface area contributed by atoms with E-state index in [1.54, 1.807) is 0 Å². The Morgan fingerprint density at radius 2 is 0.957 bits per heavy atom. The van der Waals surface area contributed by atoms with Crippen molar-refractivity contribution in [2.24, 2.45) is 0 Å². The van der Waals surface area contributed by atoms with Gasteiger partial charge in [0.15, 0.2) is 5.58 Å². The summed E-state index contributed by atoms with van der Waals surface area (Å²) in [5.41, 5.74) is 8.78. The summed E-state index contributed by atoms with van der Waals surface area (Å²) in [5.74, 6) is 0. The van der Waals surface area contributed by atoms with E-state index < -0.39 is 0 Å². The third-order valence-corrected chi connectivity index (χ3v) is 9.43. The van der Waals surface area contributed by atoms with Crippen molar-refractivity contribution >= 4 is 82.5 Å². The van der Waals surface area contributed by atoms with Crippen LogP contribution in [-0.4, -0.2) is 0 Å². The van der Waals surface area contributed by atoms with E-state index >= 15 is 0 Å².